The van der Waals surface area contributed by atoms with E-state index in [1.165, 1.54) is 31.5 Å². The summed E-state index contributed by atoms with van der Waals surface area (Å²) in [6.45, 7) is 1.69. The molecule has 7 nitrogen and oxygen atoms in total. The Bertz CT molecular complexity index is 825. The molecule has 1 N–H and O–H groups in total. The molecule has 0 aliphatic rings. The van der Waals surface area contributed by atoms with Gasteiger partial charge in [0.25, 0.3) is 5.91 Å². The predicted octanol–water partition coefficient (Wildman–Crippen LogP) is 3.10. The summed E-state index contributed by atoms with van der Waals surface area (Å²) in [5, 5.41) is 2.57. The number of esters is 2. The summed E-state index contributed by atoms with van der Waals surface area (Å²) in [4.78, 5) is 40.3. The van der Waals surface area contributed by atoms with Gasteiger partial charge in [-0.2, -0.15) is 0 Å². The maximum Gasteiger partial charge on any atom is 0.342 e. The average Bonchev–Trinajstić information content (AvgIpc) is 2.66. The Kier molecular flexibility index (Phi) is 6.68. The number of aromatic nitrogens is 1. The monoisotopic (exact) mass is 376 g/mol. The van der Waals surface area contributed by atoms with E-state index in [4.69, 9.17) is 16.3 Å². The van der Waals surface area contributed by atoms with Crippen LogP contribution in [0.15, 0.2) is 42.6 Å². The molecular weight excluding hydrogens is 360 g/mol. The quantitative estimate of drug-likeness (QED) is 0.615. The lowest BCUT2D eigenvalue weighted by atomic mass is 10.1. The molecule has 1 aromatic heterocycles. The smallest absolute Gasteiger partial charge is 0.342 e. The van der Waals surface area contributed by atoms with Gasteiger partial charge in [0.15, 0.2) is 6.10 Å². The standard InChI is InChI=1S/C18H17ClN2O5/c1-3-14(26-18(24)12-8-6-10-20-15(12)19)16(22)21-13-9-5-4-7-11(13)17(23)25-2/h4-10,14H,3H2,1-2H3,(H,21,22). The van der Waals surface area contributed by atoms with Crippen LogP contribution in [-0.2, 0) is 14.3 Å². The van der Waals surface area contributed by atoms with E-state index < -0.39 is 23.9 Å². The van der Waals surface area contributed by atoms with E-state index in [2.05, 4.69) is 15.0 Å². The summed E-state index contributed by atoms with van der Waals surface area (Å²) in [6.07, 6.45) is 0.604. The third-order valence-electron chi connectivity index (χ3n) is 3.48. The van der Waals surface area contributed by atoms with E-state index in [-0.39, 0.29) is 28.4 Å². The molecule has 0 fully saturated rings. The van der Waals surface area contributed by atoms with Gasteiger partial charge in [0.05, 0.1) is 23.9 Å². The maximum absolute atomic E-state index is 12.5. The molecule has 1 aromatic carbocycles. The van der Waals surface area contributed by atoms with E-state index in [1.807, 2.05) is 0 Å². The van der Waals surface area contributed by atoms with Gasteiger partial charge in [0, 0.05) is 6.20 Å². The van der Waals surface area contributed by atoms with Crippen LogP contribution in [0.1, 0.15) is 34.1 Å². The zero-order chi connectivity index (χ0) is 19.1. The minimum atomic E-state index is -1.07. The highest BCUT2D eigenvalue weighted by molar-refractivity contribution is 6.32. The molecule has 1 heterocycles. The first kappa shape index (κ1) is 19.4. The zero-order valence-electron chi connectivity index (χ0n) is 14.2. The summed E-state index contributed by atoms with van der Waals surface area (Å²) >= 11 is 5.86. The number of nitrogens with zero attached hydrogens (tertiary/aromatic N) is 1. The average molecular weight is 377 g/mol. The van der Waals surface area contributed by atoms with Crippen molar-refractivity contribution in [3.63, 3.8) is 0 Å². The van der Waals surface area contributed by atoms with Crippen LogP contribution < -0.4 is 5.32 Å². The second kappa shape index (κ2) is 8.96. The van der Waals surface area contributed by atoms with E-state index in [0.717, 1.165) is 0 Å². The van der Waals surface area contributed by atoms with Crippen LogP contribution in [-0.4, -0.2) is 36.0 Å². The molecule has 0 bridgehead atoms. The van der Waals surface area contributed by atoms with Crippen LogP contribution >= 0.6 is 11.6 Å². The number of para-hydroxylation sites is 1. The minimum Gasteiger partial charge on any atom is -0.465 e. The van der Waals surface area contributed by atoms with Gasteiger partial charge in [-0.15, -0.1) is 0 Å². The Morgan fingerprint density at radius 1 is 1.12 bits per heavy atom. The van der Waals surface area contributed by atoms with E-state index in [1.54, 1.807) is 25.1 Å². The minimum absolute atomic E-state index is 0.0104. The molecule has 2 aromatic rings. The maximum atomic E-state index is 12.5. The van der Waals surface area contributed by atoms with Crippen molar-refractivity contribution >= 4 is 35.1 Å². The van der Waals surface area contributed by atoms with Crippen molar-refractivity contribution in [2.75, 3.05) is 12.4 Å². The molecule has 136 valence electrons. The molecule has 1 unspecified atom stereocenters. The highest BCUT2D eigenvalue weighted by atomic mass is 35.5. The Morgan fingerprint density at radius 3 is 2.46 bits per heavy atom. The molecule has 0 saturated carbocycles. The van der Waals surface area contributed by atoms with Crippen LogP contribution in [0.3, 0.4) is 0 Å². The molecule has 0 spiro atoms. The van der Waals surface area contributed by atoms with Crippen LogP contribution in [0.5, 0.6) is 0 Å². The van der Waals surface area contributed by atoms with Crippen molar-refractivity contribution in [1.82, 2.24) is 4.98 Å². The largest absolute Gasteiger partial charge is 0.465 e. The first-order chi connectivity index (χ1) is 12.5. The molecule has 0 aliphatic heterocycles. The van der Waals surface area contributed by atoms with E-state index >= 15 is 0 Å². The van der Waals surface area contributed by atoms with Gasteiger partial charge in [-0.25, -0.2) is 14.6 Å². The number of rotatable bonds is 6. The third-order valence-corrected chi connectivity index (χ3v) is 3.78. The van der Waals surface area contributed by atoms with Crippen molar-refractivity contribution in [3.8, 4) is 0 Å². The van der Waals surface area contributed by atoms with Crippen LogP contribution in [0.25, 0.3) is 0 Å². The number of carbonyl (C=O) groups is 3. The normalized spacial score (nSPS) is 11.3. The van der Waals surface area contributed by atoms with Crippen LogP contribution in [0, 0.1) is 0 Å². The second-order valence-corrected chi connectivity index (χ2v) is 5.53. The zero-order valence-corrected chi connectivity index (χ0v) is 14.9. The summed E-state index contributed by atoms with van der Waals surface area (Å²) in [6, 6.07) is 9.36. The molecule has 1 amide bonds. The lowest BCUT2D eigenvalue weighted by Gasteiger charge is -2.17. The fourth-order valence-electron chi connectivity index (χ4n) is 2.15. The summed E-state index contributed by atoms with van der Waals surface area (Å²) < 4.78 is 9.92. The van der Waals surface area contributed by atoms with Crippen LogP contribution in [0.2, 0.25) is 5.15 Å². The number of hydrogen-bond acceptors (Lipinski definition) is 6. The number of amides is 1. The number of halogens is 1. The Hall–Kier alpha value is -2.93. The van der Waals surface area contributed by atoms with Crippen molar-refractivity contribution in [2.24, 2.45) is 0 Å². The Balaban J connectivity index is 2.14. The number of anilines is 1. The lowest BCUT2D eigenvalue weighted by molar-refractivity contribution is -0.124. The SMILES string of the molecule is CCC(OC(=O)c1cccnc1Cl)C(=O)Nc1ccccc1C(=O)OC. The van der Waals surface area contributed by atoms with Crippen molar-refractivity contribution < 1.29 is 23.9 Å². The predicted molar refractivity (Wildman–Crippen MR) is 95.2 cm³/mol. The van der Waals surface area contributed by atoms with Gasteiger partial charge in [0.2, 0.25) is 0 Å². The molecule has 0 radical (unpaired) electrons. The topological polar surface area (TPSA) is 94.6 Å². The summed E-state index contributed by atoms with van der Waals surface area (Å²) in [5.41, 5.74) is 0.522. The van der Waals surface area contributed by atoms with Gasteiger partial charge in [-0.05, 0) is 30.7 Å². The van der Waals surface area contributed by atoms with Gasteiger partial charge < -0.3 is 14.8 Å². The number of carbonyl (C=O) groups excluding carboxylic acids is 3. The van der Waals surface area contributed by atoms with Gasteiger partial charge in [-0.1, -0.05) is 30.7 Å². The Labute approximate surface area is 155 Å². The number of pyridine rings is 1. The molecule has 1 atom stereocenters. The van der Waals surface area contributed by atoms with Crippen molar-refractivity contribution in [2.45, 2.75) is 19.4 Å². The van der Waals surface area contributed by atoms with E-state index in [9.17, 15) is 14.4 Å². The van der Waals surface area contributed by atoms with Gasteiger partial charge in [0.1, 0.15) is 5.15 Å². The van der Waals surface area contributed by atoms with Crippen molar-refractivity contribution in [3.05, 3.63) is 58.9 Å². The highest BCUT2D eigenvalue weighted by Crippen LogP contribution is 2.18. The van der Waals surface area contributed by atoms with Crippen LogP contribution in [0.4, 0.5) is 5.69 Å². The summed E-state index contributed by atoms with van der Waals surface area (Å²) in [5.74, 6) is -1.92. The Morgan fingerprint density at radius 2 is 1.81 bits per heavy atom. The molecule has 0 aliphatic carbocycles. The highest BCUT2D eigenvalue weighted by Gasteiger charge is 2.24. The lowest BCUT2D eigenvalue weighted by Crippen LogP contribution is -2.32. The summed E-state index contributed by atoms with van der Waals surface area (Å²) in [7, 11) is 1.25. The molecule has 0 saturated heterocycles. The molecule has 8 heteroatoms. The van der Waals surface area contributed by atoms with Gasteiger partial charge in [-0.3, -0.25) is 4.79 Å². The van der Waals surface area contributed by atoms with Crippen molar-refractivity contribution in [1.29, 1.82) is 0 Å². The van der Waals surface area contributed by atoms with Gasteiger partial charge >= 0.3 is 11.9 Å². The number of ether oxygens (including phenoxy) is 2. The fraction of sp³-hybridized carbons (Fsp3) is 0.222. The number of benzene rings is 1. The number of nitrogens with one attached hydrogen (secondary N) is 1. The number of methoxy groups -OCH3 is 1. The molecular formula is C18H17ClN2O5. The first-order valence-electron chi connectivity index (χ1n) is 7.77. The van der Waals surface area contributed by atoms with E-state index in [0.29, 0.717) is 0 Å². The molecule has 26 heavy (non-hydrogen) atoms. The second-order valence-electron chi connectivity index (χ2n) is 5.17. The number of hydrogen-bond donors (Lipinski definition) is 1. The first-order valence-corrected chi connectivity index (χ1v) is 8.15. The third kappa shape index (κ3) is 4.58. The molecule has 2 rings (SSSR count). The fourth-order valence-corrected chi connectivity index (χ4v) is 2.34.